The third-order valence-electron chi connectivity index (χ3n) is 10.1. The fraction of sp³-hybridized carbons (Fsp3) is 0. The van der Waals surface area contributed by atoms with Crippen LogP contribution in [0.4, 0.5) is 17.1 Å². The standard InChI is InChI=1S/C49H32N4/c1-2-8-34(9-3-1)46-31-48(52-47-11-6-25-51-49(46)47)35-16-20-43(21-17-35)53(45-23-19-42-32-50-26-24-41(42)30-45)44-22-18-39-28-38(14-15-40(39)29-44)37-13-12-33-7-4-5-10-36(33)27-37/h1-32H. The van der Waals surface area contributed by atoms with E-state index in [0.717, 1.165) is 61.3 Å². The van der Waals surface area contributed by atoms with Crippen molar-refractivity contribution in [2.24, 2.45) is 0 Å². The molecule has 0 aliphatic heterocycles. The first kappa shape index (κ1) is 30.6. The predicted molar refractivity (Wildman–Crippen MR) is 221 cm³/mol. The largest absolute Gasteiger partial charge is 0.310 e. The maximum Gasteiger partial charge on any atom is 0.0965 e. The van der Waals surface area contributed by atoms with Crippen LogP contribution in [0.2, 0.25) is 0 Å². The Labute approximate surface area is 307 Å². The van der Waals surface area contributed by atoms with Gasteiger partial charge in [0.15, 0.2) is 0 Å². The average molecular weight is 677 g/mol. The Morgan fingerprint density at radius 2 is 0.981 bits per heavy atom. The predicted octanol–water partition coefficient (Wildman–Crippen LogP) is 13.0. The maximum atomic E-state index is 5.05. The summed E-state index contributed by atoms with van der Waals surface area (Å²) in [6, 6.07) is 62.6. The molecule has 0 fully saturated rings. The van der Waals surface area contributed by atoms with Crippen molar-refractivity contribution in [3.05, 3.63) is 195 Å². The SMILES string of the molecule is c1ccc(-c2cc(-c3ccc(N(c4ccc5cnccc5c4)c4ccc5cc(-c6ccc7ccccc7c6)ccc5c4)cc3)nc3cccnc23)cc1. The molecule has 3 heterocycles. The Morgan fingerprint density at radius 1 is 0.377 bits per heavy atom. The lowest BCUT2D eigenvalue weighted by molar-refractivity contribution is 1.29. The molecule has 0 aliphatic rings. The average Bonchev–Trinajstić information content (AvgIpc) is 3.23. The van der Waals surface area contributed by atoms with E-state index in [2.05, 4.69) is 168 Å². The lowest BCUT2D eigenvalue weighted by atomic mass is 9.98. The number of hydrogen-bond acceptors (Lipinski definition) is 4. The molecule has 0 spiro atoms. The van der Waals surface area contributed by atoms with E-state index in [0.29, 0.717) is 0 Å². The minimum Gasteiger partial charge on any atom is -0.310 e. The highest BCUT2D eigenvalue weighted by molar-refractivity contribution is 5.96. The van der Waals surface area contributed by atoms with Crippen molar-refractivity contribution in [1.29, 1.82) is 0 Å². The summed E-state index contributed by atoms with van der Waals surface area (Å²) in [7, 11) is 0. The molecule has 7 aromatic carbocycles. The van der Waals surface area contributed by atoms with Gasteiger partial charge in [-0.2, -0.15) is 0 Å². The van der Waals surface area contributed by atoms with Gasteiger partial charge >= 0.3 is 0 Å². The van der Waals surface area contributed by atoms with E-state index >= 15 is 0 Å². The van der Waals surface area contributed by atoms with E-state index in [-0.39, 0.29) is 0 Å². The van der Waals surface area contributed by atoms with Crippen LogP contribution in [-0.4, -0.2) is 15.0 Å². The second-order valence-electron chi connectivity index (χ2n) is 13.4. The quantitative estimate of drug-likeness (QED) is 0.176. The Bertz CT molecular complexity index is 2950. The topological polar surface area (TPSA) is 41.9 Å². The van der Waals surface area contributed by atoms with E-state index in [4.69, 9.17) is 9.97 Å². The number of rotatable bonds is 6. The molecule has 0 atom stereocenters. The molecule has 4 nitrogen and oxygen atoms in total. The number of benzene rings is 7. The first-order valence-corrected chi connectivity index (χ1v) is 17.8. The van der Waals surface area contributed by atoms with Gasteiger partial charge in [0.05, 0.1) is 16.7 Å². The molecular formula is C49H32N4. The van der Waals surface area contributed by atoms with E-state index < -0.39 is 0 Å². The lowest BCUT2D eigenvalue weighted by Crippen LogP contribution is -2.10. The first-order chi connectivity index (χ1) is 26.2. The summed E-state index contributed by atoms with van der Waals surface area (Å²) in [5, 5.41) is 7.13. The molecule has 248 valence electrons. The highest BCUT2D eigenvalue weighted by Crippen LogP contribution is 2.39. The van der Waals surface area contributed by atoms with Gasteiger partial charge in [-0.1, -0.05) is 103 Å². The van der Waals surface area contributed by atoms with Gasteiger partial charge in [-0.25, -0.2) is 4.98 Å². The first-order valence-electron chi connectivity index (χ1n) is 17.8. The van der Waals surface area contributed by atoms with Crippen molar-refractivity contribution >= 4 is 60.4 Å². The number of nitrogens with zero attached hydrogens (tertiary/aromatic N) is 4. The van der Waals surface area contributed by atoms with Gasteiger partial charge in [-0.15, -0.1) is 0 Å². The molecule has 0 N–H and O–H groups in total. The highest BCUT2D eigenvalue weighted by atomic mass is 15.1. The molecule has 0 saturated heterocycles. The number of anilines is 3. The molecule has 3 aromatic heterocycles. The third kappa shape index (κ3) is 5.73. The van der Waals surface area contributed by atoms with Crippen molar-refractivity contribution < 1.29 is 0 Å². The highest BCUT2D eigenvalue weighted by Gasteiger charge is 2.16. The number of fused-ring (bicyclic) bond motifs is 4. The Hall–Kier alpha value is -7.17. The summed E-state index contributed by atoms with van der Waals surface area (Å²) < 4.78 is 0. The molecule has 10 aromatic rings. The zero-order valence-electron chi connectivity index (χ0n) is 28.8. The molecular weight excluding hydrogens is 645 g/mol. The van der Waals surface area contributed by atoms with Gasteiger partial charge in [0, 0.05) is 52.2 Å². The van der Waals surface area contributed by atoms with Crippen LogP contribution in [0.3, 0.4) is 0 Å². The molecule has 0 saturated carbocycles. The molecule has 0 amide bonds. The van der Waals surface area contributed by atoms with Crippen LogP contribution in [0.5, 0.6) is 0 Å². The van der Waals surface area contributed by atoms with E-state index in [1.54, 1.807) is 0 Å². The molecule has 0 radical (unpaired) electrons. The van der Waals surface area contributed by atoms with Crippen LogP contribution < -0.4 is 4.90 Å². The Morgan fingerprint density at radius 3 is 1.77 bits per heavy atom. The minimum absolute atomic E-state index is 0.875. The van der Waals surface area contributed by atoms with Crippen molar-refractivity contribution in [2.75, 3.05) is 4.90 Å². The summed E-state index contributed by atoms with van der Waals surface area (Å²) >= 11 is 0. The van der Waals surface area contributed by atoms with Crippen LogP contribution >= 0.6 is 0 Å². The van der Waals surface area contributed by atoms with E-state index in [1.165, 1.54) is 32.7 Å². The fourth-order valence-electron chi connectivity index (χ4n) is 7.41. The number of pyridine rings is 3. The third-order valence-corrected chi connectivity index (χ3v) is 10.1. The lowest BCUT2D eigenvalue weighted by Gasteiger charge is -2.26. The zero-order chi connectivity index (χ0) is 35.1. The second-order valence-corrected chi connectivity index (χ2v) is 13.4. The van der Waals surface area contributed by atoms with Gasteiger partial charge in [-0.05, 0) is 116 Å². The Balaban J connectivity index is 1.06. The van der Waals surface area contributed by atoms with Crippen molar-refractivity contribution in [1.82, 2.24) is 15.0 Å². The smallest absolute Gasteiger partial charge is 0.0965 e. The molecule has 0 bridgehead atoms. The second kappa shape index (κ2) is 12.9. The summed E-state index contributed by atoms with van der Waals surface area (Å²) in [6.07, 6.45) is 5.60. The molecule has 10 rings (SSSR count). The molecule has 0 unspecified atom stereocenters. The van der Waals surface area contributed by atoms with Gasteiger partial charge in [0.2, 0.25) is 0 Å². The van der Waals surface area contributed by atoms with Crippen molar-refractivity contribution in [2.45, 2.75) is 0 Å². The minimum atomic E-state index is 0.875. The summed E-state index contributed by atoms with van der Waals surface area (Å²) in [5.74, 6) is 0. The number of hydrogen-bond donors (Lipinski definition) is 0. The molecule has 4 heteroatoms. The van der Waals surface area contributed by atoms with Crippen molar-refractivity contribution in [3.8, 4) is 33.5 Å². The van der Waals surface area contributed by atoms with Gasteiger partial charge in [0.25, 0.3) is 0 Å². The van der Waals surface area contributed by atoms with E-state index in [9.17, 15) is 0 Å². The van der Waals surface area contributed by atoms with Gasteiger partial charge in [0.1, 0.15) is 0 Å². The summed E-state index contributed by atoms with van der Waals surface area (Å²) in [5.41, 5.74) is 11.6. The normalized spacial score (nSPS) is 11.4. The molecule has 0 aliphatic carbocycles. The summed E-state index contributed by atoms with van der Waals surface area (Å²) in [4.78, 5) is 16.4. The zero-order valence-corrected chi connectivity index (χ0v) is 28.8. The van der Waals surface area contributed by atoms with Crippen molar-refractivity contribution in [3.63, 3.8) is 0 Å². The van der Waals surface area contributed by atoms with Gasteiger partial charge < -0.3 is 4.90 Å². The number of aromatic nitrogens is 3. The van der Waals surface area contributed by atoms with Crippen LogP contribution in [0.25, 0.3) is 76.9 Å². The van der Waals surface area contributed by atoms with E-state index in [1.807, 2.05) is 36.8 Å². The summed E-state index contributed by atoms with van der Waals surface area (Å²) in [6.45, 7) is 0. The Kier molecular flexibility index (Phi) is 7.43. The van der Waals surface area contributed by atoms with Gasteiger partial charge in [-0.3, -0.25) is 9.97 Å². The maximum absolute atomic E-state index is 5.05. The van der Waals surface area contributed by atoms with Crippen LogP contribution in [0.15, 0.2) is 195 Å². The van der Waals surface area contributed by atoms with Crippen LogP contribution in [-0.2, 0) is 0 Å². The monoisotopic (exact) mass is 676 g/mol. The fourth-order valence-corrected chi connectivity index (χ4v) is 7.41. The molecule has 53 heavy (non-hydrogen) atoms. The van der Waals surface area contributed by atoms with Crippen LogP contribution in [0, 0.1) is 0 Å². The van der Waals surface area contributed by atoms with Crippen LogP contribution in [0.1, 0.15) is 0 Å².